The van der Waals surface area contributed by atoms with Crippen molar-refractivity contribution < 1.29 is 9.59 Å². The minimum absolute atomic E-state index is 0.0334. The summed E-state index contributed by atoms with van der Waals surface area (Å²) in [4.78, 5) is 26.0. The third kappa shape index (κ3) is 4.08. The van der Waals surface area contributed by atoms with Crippen LogP contribution < -0.4 is 5.32 Å². The first-order valence-electron chi connectivity index (χ1n) is 7.29. The molecular weight excluding hydrogens is 252 g/mol. The molecule has 2 amide bonds. The maximum Gasteiger partial charge on any atom is 0.244 e. The Bertz CT molecular complexity index is 453. The first-order chi connectivity index (χ1) is 9.66. The Morgan fingerprint density at radius 3 is 2.45 bits per heavy atom. The maximum atomic E-state index is 12.2. The number of nitrogens with zero attached hydrogens (tertiary/aromatic N) is 1. The molecule has 0 aliphatic carbocycles. The standard InChI is InChI=1S/C16H22N2O2/c1-13(16(20)18-10-6-3-7-11-18)17-15(19)12-14-8-4-2-5-9-14/h2,4-5,8-9,13H,3,6-7,10-12H2,1H3,(H,17,19). The van der Waals surface area contributed by atoms with Gasteiger partial charge in [0, 0.05) is 13.1 Å². The van der Waals surface area contributed by atoms with Gasteiger partial charge in [0.1, 0.15) is 6.04 Å². The van der Waals surface area contributed by atoms with Crippen LogP contribution in [0, 0.1) is 0 Å². The number of amides is 2. The van der Waals surface area contributed by atoms with E-state index in [0.717, 1.165) is 31.5 Å². The minimum atomic E-state index is -0.440. The van der Waals surface area contributed by atoms with Gasteiger partial charge in [0.25, 0.3) is 0 Å². The van der Waals surface area contributed by atoms with Crippen LogP contribution in [0.3, 0.4) is 0 Å². The van der Waals surface area contributed by atoms with Gasteiger partial charge in [0.05, 0.1) is 6.42 Å². The Balaban J connectivity index is 1.82. The Kier molecular flexibility index (Phi) is 5.16. The Morgan fingerprint density at radius 1 is 1.15 bits per heavy atom. The Hall–Kier alpha value is -1.84. The molecule has 1 heterocycles. The number of hydrogen-bond donors (Lipinski definition) is 1. The van der Waals surface area contributed by atoms with Crippen LogP contribution >= 0.6 is 0 Å². The molecule has 0 radical (unpaired) electrons. The number of piperidine rings is 1. The first kappa shape index (κ1) is 14.6. The van der Waals surface area contributed by atoms with Gasteiger partial charge in [-0.05, 0) is 31.7 Å². The minimum Gasteiger partial charge on any atom is -0.344 e. The van der Waals surface area contributed by atoms with Gasteiger partial charge in [-0.15, -0.1) is 0 Å². The molecule has 0 spiro atoms. The van der Waals surface area contributed by atoms with E-state index in [4.69, 9.17) is 0 Å². The third-order valence-corrected chi connectivity index (χ3v) is 3.62. The lowest BCUT2D eigenvalue weighted by atomic mass is 10.1. The van der Waals surface area contributed by atoms with E-state index in [-0.39, 0.29) is 11.8 Å². The van der Waals surface area contributed by atoms with Crippen LogP contribution in [0.25, 0.3) is 0 Å². The highest BCUT2D eigenvalue weighted by molar-refractivity contribution is 5.88. The van der Waals surface area contributed by atoms with Crippen molar-refractivity contribution >= 4 is 11.8 Å². The van der Waals surface area contributed by atoms with E-state index in [2.05, 4.69) is 5.32 Å². The summed E-state index contributed by atoms with van der Waals surface area (Å²) in [5.74, 6) is -0.0693. The summed E-state index contributed by atoms with van der Waals surface area (Å²) < 4.78 is 0. The quantitative estimate of drug-likeness (QED) is 0.909. The van der Waals surface area contributed by atoms with Gasteiger partial charge < -0.3 is 10.2 Å². The molecule has 2 rings (SSSR count). The number of rotatable bonds is 4. The number of benzene rings is 1. The molecule has 108 valence electrons. The molecule has 4 heteroatoms. The van der Waals surface area contributed by atoms with Crippen LogP contribution in [-0.4, -0.2) is 35.8 Å². The average Bonchev–Trinajstić information content (AvgIpc) is 2.48. The summed E-state index contributed by atoms with van der Waals surface area (Å²) in [5, 5.41) is 2.80. The zero-order valence-corrected chi connectivity index (χ0v) is 12.0. The second kappa shape index (κ2) is 7.08. The second-order valence-corrected chi connectivity index (χ2v) is 5.34. The van der Waals surface area contributed by atoms with E-state index in [1.54, 1.807) is 6.92 Å². The largest absolute Gasteiger partial charge is 0.344 e. The van der Waals surface area contributed by atoms with Crippen LogP contribution in [0.5, 0.6) is 0 Å². The molecule has 1 aliphatic heterocycles. The van der Waals surface area contributed by atoms with Crippen molar-refractivity contribution in [3.8, 4) is 0 Å². The predicted molar refractivity (Wildman–Crippen MR) is 78.2 cm³/mol. The lowest BCUT2D eigenvalue weighted by Gasteiger charge is -2.29. The van der Waals surface area contributed by atoms with E-state index >= 15 is 0 Å². The molecule has 1 atom stereocenters. The molecule has 1 aromatic rings. The Labute approximate surface area is 120 Å². The van der Waals surface area contributed by atoms with E-state index < -0.39 is 6.04 Å². The van der Waals surface area contributed by atoms with E-state index in [1.807, 2.05) is 35.2 Å². The van der Waals surface area contributed by atoms with Crippen LogP contribution in [-0.2, 0) is 16.0 Å². The summed E-state index contributed by atoms with van der Waals surface area (Å²) in [5.41, 5.74) is 0.961. The molecule has 1 saturated heterocycles. The van der Waals surface area contributed by atoms with Gasteiger partial charge in [0.15, 0.2) is 0 Å². The number of carbonyl (C=O) groups is 2. The highest BCUT2D eigenvalue weighted by Gasteiger charge is 2.23. The normalized spacial score (nSPS) is 16.6. The van der Waals surface area contributed by atoms with Gasteiger partial charge >= 0.3 is 0 Å². The number of hydrogen-bond acceptors (Lipinski definition) is 2. The summed E-state index contributed by atoms with van der Waals surface area (Å²) in [6.07, 6.45) is 3.64. The number of nitrogens with one attached hydrogen (secondary N) is 1. The molecule has 1 aromatic carbocycles. The molecule has 0 saturated carbocycles. The summed E-state index contributed by atoms with van der Waals surface area (Å²) >= 11 is 0. The molecular formula is C16H22N2O2. The highest BCUT2D eigenvalue weighted by Crippen LogP contribution is 2.10. The molecule has 1 N–H and O–H groups in total. The summed E-state index contributed by atoms with van der Waals surface area (Å²) in [6.45, 7) is 3.40. The predicted octanol–water partition coefficient (Wildman–Crippen LogP) is 1.75. The van der Waals surface area contributed by atoms with Crippen molar-refractivity contribution in [2.45, 2.75) is 38.6 Å². The van der Waals surface area contributed by atoms with Gasteiger partial charge in [-0.1, -0.05) is 30.3 Å². The molecule has 0 aromatic heterocycles. The molecule has 4 nitrogen and oxygen atoms in total. The van der Waals surface area contributed by atoms with Crippen LogP contribution in [0.15, 0.2) is 30.3 Å². The molecule has 1 aliphatic rings. The highest BCUT2D eigenvalue weighted by atomic mass is 16.2. The average molecular weight is 274 g/mol. The van der Waals surface area contributed by atoms with Crippen molar-refractivity contribution in [2.24, 2.45) is 0 Å². The van der Waals surface area contributed by atoms with Crippen molar-refractivity contribution in [3.05, 3.63) is 35.9 Å². The van der Waals surface area contributed by atoms with Crippen molar-refractivity contribution in [3.63, 3.8) is 0 Å². The molecule has 1 unspecified atom stereocenters. The van der Waals surface area contributed by atoms with Gasteiger partial charge in [0.2, 0.25) is 11.8 Å². The molecule has 1 fully saturated rings. The van der Waals surface area contributed by atoms with E-state index in [1.165, 1.54) is 6.42 Å². The first-order valence-corrected chi connectivity index (χ1v) is 7.29. The second-order valence-electron chi connectivity index (χ2n) is 5.34. The zero-order valence-electron chi connectivity index (χ0n) is 12.0. The monoisotopic (exact) mass is 274 g/mol. The maximum absolute atomic E-state index is 12.2. The van der Waals surface area contributed by atoms with Crippen LogP contribution in [0.2, 0.25) is 0 Å². The summed E-state index contributed by atoms with van der Waals surface area (Å²) in [6, 6.07) is 9.12. The fraction of sp³-hybridized carbons (Fsp3) is 0.500. The lowest BCUT2D eigenvalue weighted by molar-refractivity contribution is -0.136. The van der Waals surface area contributed by atoms with E-state index in [0.29, 0.717) is 6.42 Å². The number of likely N-dealkylation sites (tertiary alicyclic amines) is 1. The molecule has 20 heavy (non-hydrogen) atoms. The van der Waals surface area contributed by atoms with Gasteiger partial charge in [-0.2, -0.15) is 0 Å². The van der Waals surface area contributed by atoms with Crippen LogP contribution in [0.4, 0.5) is 0 Å². The topological polar surface area (TPSA) is 49.4 Å². The Morgan fingerprint density at radius 2 is 1.80 bits per heavy atom. The smallest absolute Gasteiger partial charge is 0.244 e. The van der Waals surface area contributed by atoms with Gasteiger partial charge in [-0.25, -0.2) is 0 Å². The SMILES string of the molecule is CC(NC(=O)Cc1ccccc1)C(=O)N1CCCCC1. The van der Waals surface area contributed by atoms with Crippen molar-refractivity contribution in [1.82, 2.24) is 10.2 Å². The molecule has 0 bridgehead atoms. The van der Waals surface area contributed by atoms with Crippen molar-refractivity contribution in [2.75, 3.05) is 13.1 Å². The third-order valence-electron chi connectivity index (χ3n) is 3.62. The fourth-order valence-electron chi connectivity index (χ4n) is 2.52. The lowest BCUT2D eigenvalue weighted by Crippen LogP contribution is -2.48. The van der Waals surface area contributed by atoms with Crippen molar-refractivity contribution in [1.29, 1.82) is 0 Å². The van der Waals surface area contributed by atoms with E-state index in [9.17, 15) is 9.59 Å². The van der Waals surface area contributed by atoms with Gasteiger partial charge in [-0.3, -0.25) is 9.59 Å². The fourth-order valence-corrected chi connectivity index (χ4v) is 2.52. The summed E-state index contributed by atoms with van der Waals surface area (Å²) in [7, 11) is 0. The zero-order chi connectivity index (χ0) is 14.4. The number of carbonyl (C=O) groups excluding carboxylic acids is 2. The van der Waals surface area contributed by atoms with Crippen LogP contribution in [0.1, 0.15) is 31.7 Å².